The second kappa shape index (κ2) is 9.40. The summed E-state index contributed by atoms with van der Waals surface area (Å²) in [6.45, 7) is 2.52. The molecule has 6 nitrogen and oxygen atoms in total. The summed E-state index contributed by atoms with van der Waals surface area (Å²) in [5, 5.41) is 6.29. The second-order valence-corrected chi connectivity index (χ2v) is 6.16. The maximum absolute atomic E-state index is 12.1. The normalized spacial score (nSPS) is 10.2. The first-order chi connectivity index (χ1) is 12.4. The molecule has 2 N–H and O–H groups in total. The number of urea groups is 1. The van der Waals surface area contributed by atoms with Crippen molar-refractivity contribution < 1.29 is 19.0 Å². The molecule has 0 aromatic heterocycles. The van der Waals surface area contributed by atoms with Gasteiger partial charge in [0.2, 0.25) is 0 Å². The van der Waals surface area contributed by atoms with Crippen LogP contribution < -0.4 is 24.8 Å². The van der Waals surface area contributed by atoms with Gasteiger partial charge in [0.15, 0.2) is 0 Å². The van der Waals surface area contributed by atoms with Crippen LogP contribution >= 0.6 is 23.2 Å². The van der Waals surface area contributed by atoms with E-state index in [9.17, 15) is 4.79 Å². The van der Waals surface area contributed by atoms with Crippen LogP contribution in [0.2, 0.25) is 10.0 Å². The largest absolute Gasteiger partial charge is 0.495 e. The Kier molecular flexibility index (Phi) is 7.24. The van der Waals surface area contributed by atoms with Crippen molar-refractivity contribution in [2.24, 2.45) is 0 Å². The molecule has 0 spiro atoms. The number of hydrogen-bond donors (Lipinski definition) is 2. The van der Waals surface area contributed by atoms with E-state index in [1.54, 1.807) is 18.2 Å². The average molecular weight is 399 g/mol. The van der Waals surface area contributed by atoms with Crippen molar-refractivity contribution in [2.45, 2.75) is 6.92 Å². The van der Waals surface area contributed by atoms with E-state index >= 15 is 0 Å². The molecular weight excluding hydrogens is 379 g/mol. The average Bonchev–Trinajstić information content (AvgIpc) is 2.62. The smallest absolute Gasteiger partial charge is 0.319 e. The summed E-state index contributed by atoms with van der Waals surface area (Å²) in [4.78, 5) is 12.1. The monoisotopic (exact) mass is 398 g/mol. The van der Waals surface area contributed by atoms with Gasteiger partial charge in [-0.3, -0.25) is 0 Å². The first kappa shape index (κ1) is 20.0. The predicted molar refractivity (Wildman–Crippen MR) is 103 cm³/mol. The number of halogens is 2. The highest BCUT2D eigenvalue weighted by atomic mass is 35.5. The number of benzene rings is 2. The first-order valence-corrected chi connectivity index (χ1v) is 8.55. The molecule has 0 atom stereocenters. The molecule has 8 heteroatoms. The summed E-state index contributed by atoms with van der Waals surface area (Å²) in [6.07, 6.45) is 0. The van der Waals surface area contributed by atoms with Crippen LogP contribution in [0.4, 0.5) is 10.5 Å². The lowest BCUT2D eigenvalue weighted by atomic mass is 10.2. The minimum absolute atomic E-state index is 0.275. The number of nitrogens with one attached hydrogen (secondary N) is 2. The van der Waals surface area contributed by atoms with Crippen molar-refractivity contribution in [3.63, 3.8) is 0 Å². The number of anilines is 1. The van der Waals surface area contributed by atoms with Crippen LogP contribution in [0.3, 0.4) is 0 Å². The number of carbonyl (C=O) groups is 1. The van der Waals surface area contributed by atoms with Crippen molar-refractivity contribution in [3.05, 3.63) is 45.9 Å². The minimum Gasteiger partial charge on any atom is -0.495 e. The molecule has 0 aliphatic rings. The Hall–Kier alpha value is -2.31. The van der Waals surface area contributed by atoms with Crippen LogP contribution in [0.5, 0.6) is 17.2 Å². The van der Waals surface area contributed by atoms with Gasteiger partial charge in [-0.25, -0.2) is 4.79 Å². The summed E-state index contributed by atoms with van der Waals surface area (Å²) in [6, 6.07) is 8.25. The molecule has 2 amide bonds. The topological polar surface area (TPSA) is 68.8 Å². The minimum atomic E-state index is -0.411. The molecule has 0 saturated heterocycles. The Bertz CT molecular complexity index is 784. The highest BCUT2D eigenvalue weighted by molar-refractivity contribution is 6.32. The molecular formula is C18H20Cl2N2O4. The van der Waals surface area contributed by atoms with Crippen LogP contribution in [-0.4, -0.2) is 33.4 Å². The number of carbonyl (C=O) groups excluding carboxylic acids is 1. The molecule has 2 aromatic rings. The summed E-state index contributed by atoms with van der Waals surface area (Å²) >= 11 is 12.1. The van der Waals surface area contributed by atoms with Gasteiger partial charge in [-0.15, -0.1) is 0 Å². The van der Waals surface area contributed by atoms with Gasteiger partial charge in [0.05, 0.1) is 36.5 Å². The van der Waals surface area contributed by atoms with Crippen LogP contribution in [0, 0.1) is 6.92 Å². The Morgan fingerprint density at radius 1 is 1.00 bits per heavy atom. The molecule has 0 saturated carbocycles. The van der Waals surface area contributed by atoms with E-state index in [2.05, 4.69) is 10.6 Å². The highest BCUT2D eigenvalue weighted by Gasteiger charge is 2.12. The van der Waals surface area contributed by atoms with Gasteiger partial charge >= 0.3 is 6.03 Å². The molecule has 0 heterocycles. The van der Waals surface area contributed by atoms with E-state index in [1.165, 1.54) is 14.2 Å². The number of amides is 2. The Balaban J connectivity index is 1.88. The highest BCUT2D eigenvalue weighted by Crippen LogP contribution is 2.35. The quantitative estimate of drug-likeness (QED) is 0.672. The van der Waals surface area contributed by atoms with Gasteiger partial charge in [0.1, 0.15) is 23.9 Å². The number of rotatable bonds is 7. The van der Waals surface area contributed by atoms with Crippen molar-refractivity contribution in [3.8, 4) is 17.2 Å². The van der Waals surface area contributed by atoms with E-state index in [1.807, 2.05) is 19.1 Å². The van der Waals surface area contributed by atoms with E-state index in [0.717, 1.165) is 5.56 Å². The number of ether oxygens (including phenoxy) is 3. The van der Waals surface area contributed by atoms with Crippen molar-refractivity contribution in [1.29, 1.82) is 0 Å². The molecule has 0 aliphatic heterocycles. The molecule has 0 aliphatic carbocycles. The van der Waals surface area contributed by atoms with Gasteiger partial charge in [-0.05, 0) is 24.6 Å². The van der Waals surface area contributed by atoms with Crippen LogP contribution in [0.1, 0.15) is 5.56 Å². The SMILES string of the molecule is COc1cc(NC(=O)NCCOc2cc(C)ccc2Cl)c(OC)cc1Cl. The molecule has 140 valence electrons. The number of hydrogen-bond acceptors (Lipinski definition) is 4. The van der Waals surface area contributed by atoms with E-state index in [-0.39, 0.29) is 6.61 Å². The zero-order chi connectivity index (χ0) is 19.1. The standard InChI is InChI=1S/C18H20Cl2N2O4/c1-11-4-5-12(19)16(8-11)26-7-6-21-18(23)22-14-10-15(24-2)13(20)9-17(14)25-3/h4-5,8-10H,6-7H2,1-3H3,(H2,21,22,23). The van der Waals surface area contributed by atoms with E-state index < -0.39 is 6.03 Å². The zero-order valence-corrected chi connectivity index (χ0v) is 16.2. The first-order valence-electron chi connectivity index (χ1n) is 7.80. The fraction of sp³-hybridized carbons (Fsp3) is 0.278. The third-order valence-electron chi connectivity index (χ3n) is 3.45. The van der Waals surface area contributed by atoms with Gasteiger partial charge in [-0.1, -0.05) is 29.3 Å². The molecule has 0 fully saturated rings. The van der Waals surface area contributed by atoms with Crippen molar-refractivity contribution >= 4 is 34.9 Å². The lowest BCUT2D eigenvalue weighted by Crippen LogP contribution is -2.32. The molecule has 0 bridgehead atoms. The lowest BCUT2D eigenvalue weighted by molar-refractivity contribution is 0.247. The van der Waals surface area contributed by atoms with Gasteiger partial charge in [0.25, 0.3) is 0 Å². The number of aryl methyl sites for hydroxylation is 1. The summed E-state index contributed by atoms with van der Waals surface area (Å²) in [5.74, 6) is 1.44. The van der Waals surface area contributed by atoms with Crippen LogP contribution in [0.15, 0.2) is 30.3 Å². The van der Waals surface area contributed by atoms with E-state index in [4.69, 9.17) is 37.4 Å². The Morgan fingerprint density at radius 3 is 2.42 bits per heavy atom. The Labute approximate surface area is 162 Å². The molecule has 2 aromatic carbocycles. The maximum atomic E-state index is 12.1. The maximum Gasteiger partial charge on any atom is 0.319 e. The molecule has 0 radical (unpaired) electrons. The van der Waals surface area contributed by atoms with E-state index in [0.29, 0.717) is 39.5 Å². The van der Waals surface area contributed by atoms with Gasteiger partial charge < -0.3 is 24.8 Å². The van der Waals surface area contributed by atoms with Crippen LogP contribution in [-0.2, 0) is 0 Å². The van der Waals surface area contributed by atoms with Gasteiger partial charge in [-0.2, -0.15) is 0 Å². The third kappa shape index (κ3) is 5.34. The van der Waals surface area contributed by atoms with Gasteiger partial charge in [0, 0.05) is 12.1 Å². The fourth-order valence-electron chi connectivity index (χ4n) is 2.17. The molecule has 2 rings (SSSR count). The molecule has 26 heavy (non-hydrogen) atoms. The van der Waals surface area contributed by atoms with Crippen molar-refractivity contribution in [1.82, 2.24) is 5.32 Å². The summed E-state index contributed by atoms with van der Waals surface area (Å²) < 4.78 is 15.9. The van der Waals surface area contributed by atoms with Crippen molar-refractivity contribution in [2.75, 3.05) is 32.7 Å². The van der Waals surface area contributed by atoms with Crippen LogP contribution in [0.25, 0.3) is 0 Å². The lowest BCUT2D eigenvalue weighted by Gasteiger charge is -2.14. The zero-order valence-electron chi connectivity index (χ0n) is 14.7. The second-order valence-electron chi connectivity index (χ2n) is 5.35. The summed E-state index contributed by atoms with van der Waals surface area (Å²) in [7, 11) is 2.98. The predicted octanol–water partition coefficient (Wildman–Crippen LogP) is 4.52. The molecule has 0 unspecified atom stereocenters. The third-order valence-corrected chi connectivity index (χ3v) is 4.06. The Morgan fingerprint density at radius 2 is 1.73 bits per heavy atom. The summed E-state index contributed by atoms with van der Waals surface area (Å²) in [5.41, 5.74) is 1.48. The number of methoxy groups -OCH3 is 2. The fourth-order valence-corrected chi connectivity index (χ4v) is 2.57.